The first-order chi connectivity index (χ1) is 22.8. The summed E-state index contributed by atoms with van der Waals surface area (Å²) in [6.07, 6.45) is -1.39. The summed E-state index contributed by atoms with van der Waals surface area (Å²) in [7, 11) is 0. The first-order valence-electron chi connectivity index (χ1n) is 16.9. The van der Waals surface area contributed by atoms with Crippen LogP contribution in [0.3, 0.4) is 0 Å². The van der Waals surface area contributed by atoms with Gasteiger partial charge < -0.3 is 41.0 Å². The van der Waals surface area contributed by atoms with Gasteiger partial charge in [-0.2, -0.15) is 0 Å². The monoisotopic (exact) mass is 698 g/mol. The van der Waals surface area contributed by atoms with Crippen LogP contribution in [0, 0.1) is 0 Å². The van der Waals surface area contributed by atoms with E-state index in [-0.39, 0.29) is 72.6 Å². The van der Waals surface area contributed by atoms with Crippen LogP contribution in [-0.4, -0.2) is 60.4 Å². The third kappa shape index (κ3) is 12.4. The number of aromatic hydroxyl groups is 2. The number of alkyl carbamates (subject to hydrolysis) is 2. The fraction of sp³-hybridized carbons (Fsp3) is 0.579. The van der Waals surface area contributed by atoms with Gasteiger partial charge in [0.05, 0.1) is 0 Å². The van der Waals surface area contributed by atoms with Gasteiger partial charge in [0.2, 0.25) is 0 Å². The molecule has 50 heavy (non-hydrogen) atoms. The van der Waals surface area contributed by atoms with Gasteiger partial charge in [0, 0.05) is 26.2 Å². The van der Waals surface area contributed by atoms with E-state index < -0.39 is 24.0 Å². The number of rotatable bonds is 10. The molecule has 2 aromatic rings. The third-order valence-corrected chi connectivity index (χ3v) is 7.88. The molecule has 0 aliphatic carbocycles. The van der Waals surface area contributed by atoms with Gasteiger partial charge >= 0.3 is 24.0 Å². The van der Waals surface area contributed by atoms with Crippen LogP contribution in [-0.2, 0) is 53.9 Å². The molecule has 12 nitrogen and oxygen atoms in total. The normalized spacial score (nSPS) is 12.2. The fourth-order valence-electron chi connectivity index (χ4n) is 5.08. The average molecular weight is 699 g/mol. The molecule has 0 aliphatic heterocycles. The topological polar surface area (TPSA) is 175 Å². The number of carbonyl (C=O) groups excluding carboxylic acids is 4. The van der Waals surface area contributed by atoms with Crippen LogP contribution < -0.4 is 21.3 Å². The van der Waals surface area contributed by atoms with Crippen LogP contribution in [0.1, 0.15) is 116 Å². The van der Waals surface area contributed by atoms with Gasteiger partial charge in [-0.15, -0.1) is 0 Å². The Kier molecular flexibility index (Phi) is 13.7. The maximum Gasteiger partial charge on any atom is 0.407 e. The number of ether oxygens (including phenoxy) is 2. The first-order valence-corrected chi connectivity index (χ1v) is 16.9. The van der Waals surface area contributed by atoms with Crippen LogP contribution in [0.2, 0.25) is 0 Å². The van der Waals surface area contributed by atoms with Gasteiger partial charge in [0.15, 0.2) is 0 Å². The van der Waals surface area contributed by atoms with Crippen molar-refractivity contribution in [1.82, 2.24) is 21.3 Å². The molecule has 0 aliphatic rings. The lowest BCUT2D eigenvalue weighted by Gasteiger charge is -2.28. The van der Waals surface area contributed by atoms with Gasteiger partial charge in [-0.05, 0) is 79.3 Å². The van der Waals surface area contributed by atoms with E-state index in [0.29, 0.717) is 0 Å². The molecule has 0 spiro atoms. The Morgan fingerprint density at radius 2 is 0.720 bits per heavy atom. The fourth-order valence-corrected chi connectivity index (χ4v) is 5.08. The minimum atomic E-state index is -0.895. The van der Waals surface area contributed by atoms with E-state index in [2.05, 4.69) is 21.3 Å². The number of nitrogens with one attached hydrogen (secondary N) is 4. The highest BCUT2D eigenvalue weighted by Crippen LogP contribution is 2.41. The Labute approximate surface area is 297 Å². The van der Waals surface area contributed by atoms with Crippen molar-refractivity contribution >= 4 is 24.0 Å². The van der Waals surface area contributed by atoms with Crippen molar-refractivity contribution < 1.29 is 38.9 Å². The number of hydrogen-bond acceptors (Lipinski definition) is 8. The molecular formula is C38H58N4O8. The summed E-state index contributed by atoms with van der Waals surface area (Å²) >= 11 is 0. The van der Waals surface area contributed by atoms with Crippen molar-refractivity contribution in [2.45, 2.75) is 118 Å². The van der Waals surface area contributed by atoms with Gasteiger partial charge in [0.1, 0.15) is 24.7 Å². The summed E-state index contributed by atoms with van der Waals surface area (Å²) in [4.78, 5) is 48.8. The molecule has 12 heteroatoms. The van der Waals surface area contributed by atoms with E-state index in [1.54, 1.807) is 0 Å². The number of carbonyl (C=O) groups is 4. The van der Waals surface area contributed by atoms with Crippen molar-refractivity contribution in [3.8, 4) is 11.5 Å². The standard InChI is InChI=1S/C38H58N4O8/c1-35(2,3)25-17-23(18-26(29(25)43)36(4,5)6)21-49-33(47)41-15-13-39-31(45)32(46)40-14-16-42-34(48)50-22-24-19-27(37(7,8)9)30(44)28(20-24)38(10,11)12/h17-20,43-44H,13-16,21-22H2,1-12H3,(H,39,45)(H,40,46)(H,41,47)(H,42,48). The van der Waals surface area contributed by atoms with Crippen LogP contribution in [0.15, 0.2) is 24.3 Å². The molecule has 4 amide bonds. The Balaban J connectivity index is 1.74. The molecule has 0 saturated carbocycles. The Morgan fingerprint density at radius 3 is 0.960 bits per heavy atom. The third-order valence-electron chi connectivity index (χ3n) is 7.88. The molecule has 0 radical (unpaired) electrons. The molecule has 2 rings (SSSR count). The van der Waals surface area contributed by atoms with E-state index >= 15 is 0 Å². The molecule has 2 aromatic carbocycles. The molecule has 0 aromatic heterocycles. The van der Waals surface area contributed by atoms with Crippen molar-refractivity contribution in [2.75, 3.05) is 26.2 Å². The van der Waals surface area contributed by atoms with Crippen LogP contribution in [0.4, 0.5) is 9.59 Å². The second-order valence-electron chi connectivity index (χ2n) is 16.6. The second kappa shape index (κ2) is 16.5. The molecular weight excluding hydrogens is 640 g/mol. The van der Waals surface area contributed by atoms with E-state index in [0.717, 1.165) is 33.4 Å². The minimum absolute atomic E-state index is 0.0122. The van der Waals surface area contributed by atoms with E-state index in [4.69, 9.17) is 9.47 Å². The molecule has 0 unspecified atom stereocenters. The highest BCUT2D eigenvalue weighted by molar-refractivity contribution is 6.35. The first kappa shape index (κ1) is 41.7. The van der Waals surface area contributed by atoms with Crippen molar-refractivity contribution in [2.24, 2.45) is 0 Å². The van der Waals surface area contributed by atoms with E-state index in [1.165, 1.54) is 0 Å². The second-order valence-corrected chi connectivity index (χ2v) is 16.6. The highest BCUT2D eigenvalue weighted by atomic mass is 16.6. The molecule has 0 heterocycles. The molecule has 0 atom stereocenters. The quantitative estimate of drug-likeness (QED) is 0.136. The summed E-state index contributed by atoms with van der Waals surface area (Å²) in [6.45, 7) is 24.0. The van der Waals surface area contributed by atoms with Gasteiger partial charge in [-0.1, -0.05) is 83.1 Å². The summed E-state index contributed by atoms with van der Waals surface area (Å²) in [6, 6.07) is 7.32. The van der Waals surface area contributed by atoms with Crippen molar-refractivity contribution in [1.29, 1.82) is 0 Å². The smallest absolute Gasteiger partial charge is 0.407 e. The number of hydrogen-bond donors (Lipinski definition) is 6. The maximum atomic E-state index is 12.3. The SMILES string of the molecule is CC(C)(C)c1cc(COC(=O)NCCNC(=O)C(=O)NCCNC(=O)OCc2cc(C(C)(C)C)c(O)c(C(C)(C)C)c2)cc(C(C)(C)C)c1O. The predicted molar refractivity (Wildman–Crippen MR) is 193 cm³/mol. The number of benzene rings is 2. The van der Waals surface area contributed by atoms with E-state index in [9.17, 15) is 29.4 Å². The lowest BCUT2D eigenvalue weighted by Crippen LogP contribution is -2.44. The average Bonchev–Trinajstić information content (AvgIpc) is 2.97. The van der Waals surface area contributed by atoms with Gasteiger partial charge in [-0.25, -0.2) is 9.59 Å². The highest BCUT2D eigenvalue weighted by Gasteiger charge is 2.28. The largest absolute Gasteiger partial charge is 0.507 e. The zero-order valence-electron chi connectivity index (χ0n) is 31.9. The number of phenols is 2. The maximum absolute atomic E-state index is 12.3. The predicted octanol–water partition coefficient (Wildman–Crippen LogP) is 5.67. The summed E-state index contributed by atoms with van der Waals surface area (Å²) < 4.78 is 10.7. The zero-order chi connectivity index (χ0) is 38.2. The van der Waals surface area contributed by atoms with Crippen LogP contribution in [0.25, 0.3) is 0 Å². The summed E-state index contributed by atoms with van der Waals surface area (Å²) in [5.41, 5.74) is 3.23. The molecule has 278 valence electrons. The lowest BCUT2D eigenvalue weighted by atomic mass is 9.78. The summed E-state index contributed by atoms with van der Waals surface area (Å²) in [5, 5.41) is 31.6. The number of phenolic OH excluding ortho intramolecular Hbond substituents is 2. The molecule has 0 saturated heterocycles. The molecule has 0 fully saturated rings. The van der Waals surface area contributed by atoms with E-state index in [1.807, 2.05) is 107 Å². The molecule has 6 N–H and O–H groups in total. The number of amides is 4. The Morgan fingerprint density at radius 1 is 0.480 bits per heavy atom. The van der Waals surface area contributed by atoms with Crippen LogP contribution >= 0.6 is 0 Å². The van der Waals surface area contributed by atoms with Crippen LogP contribution in [0.5, 0.6) is 11.5 Å². The molecule has 0 bridgehead atoms. The Hall–Kier alpha value is -4.48. The van der Waals surface area contributed by atoms with Gasteiger partial charge in [0.25, 0.3) is 0 Å². The zero-order valence-corrected chi connectivity index (χ0v) is 31.9. The van der Waals surface area contributed by atoms with Crippen molar-refractivity contribution in [3.63, 3.8) is 0 Å². The minimum Gasteiger partial charge on any atom is -0.507 e. The Bertz CT molecular complexity index is 1350. The summed E-state index contributed by atoms with van der Waals surface area (Å²) in [5.74, 6) is -1.31. The van der Waals surface area contributed by atoms with Gasteiger partial charge in [-0.3, -0.25) is 9.59 Å². The lowest BCUT2D eigenvalue weighted by molar-refractivity contribution is -0.139. The van der Waals surface area contributed by atoms with Crippen molar-refractivity contribution in [3.05, 3.63) is 57.6 Å².